The van der Waals surface area contributed by atoms with Gasteiger partial charge in [-0.3, -0.25) is 13.9 Å². The number of ether oxygens (including phenoxy) is 1. The van der Waals surface area contributed by atoms with Crippen LogP contribution in [0.15, 0.2) is 22.0 Å². The Bertz CT molecular complexity index is 1140. The highest BCUT2D eigenvalue weighted by Gasteiger charge is 2.16. The molecule has 0 fully saturated rings. The molecule has 28 heavy (non-hydrogen) atoms. The predicted molar refractivity (Wildman–Crippen MR) is 108 cm³/mol. The number of imidazole rings is 1. The van der Waals surface area contributed by atoms with E-state index >= 15 is 0 Å². The van der Waals surface area contributed by atoms with Crippen LogP contribution in [0, 0.1) is 0 Å². The van der Waals surface area contributed by atoms with Gasteiger partial charge in [-0.1, -0.05) is 20.3 Å². The summed E-state index contributed by atoms with van der Waals surface area (Å²) in [7, 11) is 2.99. The summed E-state index contributed by atoms with van der Waals surface area (Å²) in [6.07, 6.45) is 4.37. The first kappa shape index (κ1) is 20.1. The molecular weight excluding hydrogens is 380 g/mol. The lowest BCUT2D eigenvalue weighted by molar-refractivity contribution is 0.0498. The van der Waals surface area contributed by atoms with Crippen molar-refractivity contribution in [3.8, 4) is 0 Å². The van der Waals surface area contributed by atoms with Crippen LogP contribution >= 0.6 is 11.3 Å². The molecular formula is C19H24N4O4S. The summed E-state index contributed by atoms with van der Waals surface area (Å²) in [6, 6.07) is 1.91. The van der Waals surface area contributed by atoms with Gasteiger partial charge in [0.1, 0.15) is 11.5 Å². The van der Waals surface area contributed by atoms with Crippen molar-refractivity contribution in [3.05, 3.63) is 48.5 Å². The fourth-order valence-corrected chi connectivity index (χ4v) is 4.43. The number of aromatic nitrogens is 4. The number of nitrogens with zero attached hydrogens (tertiary/aromatic N) is 4. The van der Waals surface area contributed by atoms with Crippen LogP contribution in [0.1, 0.15) is 40.4 Å². The summed E-state index contributed by atoms with van der Waals surface area (Å²) in [5, 5.41) is 0. The Labute approximate surface area is 166 Å². The van der Waals surface area contributed by atoms with Crippen molar-refractivity contribution < 1.29 is 9.53 Å². The fourth-order valence-electron chi connectivity index (χ4n) is 3.18. The predicted octanol–water partition coefficient (Wildman–Crippen LogP) is 1.87. The normalized spacial score (nSPS) is 11.3. The number of carbonyl (C=O) groups excluding carboxylic acids is 1. The van der Waals surface area contributed by atoms with Crippen LogP contribution in [0.4, 0.5) is 0 Å². The van der Waals surface area contributed by atoms with Gasteiger partial charge >= 0.3 is 11.7 Å². The van der Waals surface area contributed by atoms with E-state index in [4.69, 9.17) is 4.74 Å². The van der Waals surface area contributed by atoms with Crippen LogP contribution in [-0.4, -0.2) is 31.3 Å². The second-order valence-electron chi connectivity index (χ2n) is 6.61. The van der Waals surface area contributed by atoms with E-state index in [1.807, 2.05) is 6.07 Å². The van der Waals surface area contributed by atoms with Crippen molar-refractivity contribution in [2.45, 2.75) is 39.7 Å². The van der Waals surface area contributed by atoms with Gasteiger partial charge in [0.15, 0.2) is 11.2 Å². The molecule has 0 bridgehead atoms. The van der Waals surface area contributed by atoms with Gasteiger partial charge in [-0.2, -0.15) is 0 Å². The lowest BCUT2D eigenvalue weighted by Crippen LogP contribution is -2.37. The van der Waals surface area contributed by atoms with E-state index in [0.717, 1.165) is 23.8 Å². The largest absolute Gasteiger partial charge is 0.460 e. The molecule has 3 aromatic heterocycles. The van der Waals surface area contributed by atoms with Gasteiger partial charge in [0, 0.05) is 19.0 Å². The molecule has 0 saturated heterocycles. The smallest absolute Gasteiger partial charge is 0.348 e. The van der Waals surface area contributed by atoms with E-state index < -0.39 is 11.2 Å². The molecule has 0 radical (unpaired) electrons. The summed E-state index contributed by atoms with van der Waals surface area (Å²) in [6.45, 7) is 4.59. The Morgan fingerprint density at radius 2 is 1.96 bits per heavy atom. The summed E-state index contributed by atoms with van der Waals surface area (Å²) >= 11 is 1.49. The van der Waals surface area contributed by atoms with Gasteiger partial charge in [0.2, 0.25) is 0 Å². The Hall–Kier alpha value is -2.68. The molecule has 3 rings (SSSR count). The van der Waals surface area contributed by atoms with E-state index in [9.17, 15) is 14.4 Å². The van der Waals surface area contributed by atoms with Crippen molar-refractivity contribution in [2.75, 3.05) is 6.61 Å². The van der Waals surface area contributed by atoms with E-state index in [-0.39, 0.29) is 19.1 Å². The number of fused-ring (bicyclic) bond motifs is 1. The molecule has 0 atom stereocenters. The van der Waals surface area contributed by atoms with Gasteiger partial charge in [0.05, 0.1) is 12.9 Å². The first-order valence-corrected chi connectivity index (χ1v) is 10.1. The number of thiophene rings is 1. The molecule has 0 spiro atoms. The van der Waals surface area contributed by atoms with E-state index in [1.165, 1.54) is 39.7 Å². The third kappa shape index (κ3) is 3.54. The number of aryl methyl sites for hydroxylation is 3. The molecule has 8 nitrogen and oxygen atoms in total. The van der Waals surface area contributed by atoms with Gasteiger partial charge in [-0.05, 0) is 24.5 Å². The van der Waals surface area contributed by atoms with Crippen LogP contribution in [-0.2, 0) is 38.2 Å². The highest BCUT2D eigenvalue weighted by Crippen LogP contribution is 2.25. The Kier molecular flexibility index (Phi) is 5.83. The molecule has 0 unspecified atom stereocenters. The maximum absolute atomic E-state index is 12.4. The Morgan fingerprint density at radius 3 is 2.64 bits per heavy atom. The highest BCUT2D eigenvalue weighted by atomic mass is 32.1. The van der Waals surface area contributed by atoms with Crippen LogP contribution in [0.5, 0.6) is 0 Å². The van der Waals surface area contributed by atoms with Gasteiger partial charge in [0.25, 0.3) is 5.56 Å². The third-order valence-corrected chi connectivity index (χ3v) is 5.96. The lowest BCUT2D eigenvalue weighted by Gasteiger charge is -2.07. The van der Waals surface area contributed by atoms with Crippen molar-refractivity contribution in [1.82, 2.24) is 18.7 Å². The minimum Gasteiger partial charge on any atom is -0.460 e. The zero-order valence-corrected chi connectivity index (χ0v) is 17.3. The molecule has 150 valence electrons. The Morgan fingerprint density at radius 1 is 1.21 bits per heavy atom. The average Bonchev–Trinajstić information content (AvgIpc) is 3.29. The maximum atomic E-state index is 12.4. The summed E-state index contributed by atoms with van der Waals surface area (Å²) < 4.78 is 9.39. The number of carbonyl (C=O) groups is 1. The topological polar surface area (TPSA) is 88.1 Å². The van der Waals surface area contributed by atoms with E-state index in [0.29, 0.717) is 16.0 Å². The molecule has 0 aromatic carbocycles. The lowest BCUT2D eigenvalue weighted by atomic mass is 10.1. The van der Waals surface area contributed by atoms with Crippen LogP contribution in [0.25, 0.3) is 11.2 Å². The second-order valence-corrected chi connectivity index (χ2v) is 7.75. The Balaban J connectivity index is 1.75. The van der Waals surface area contributed by atoms with Crippen molar-refractivity contribution in [1.29, 1.82) is 0 Å². The van der Waals surface area contributed by atoms with Crippen LogP contribution < -0.4 is 11.2 Å². The molecule has 0 aliphatic carbocycles. The minimum absolute atomic E-state index is 0.110. The van der Waals surface area contributed by atoms with Gasteiger partial charge in [-0.25, -0.2) is 14.6 Å². The second kappa shape index (κ2) is 8.14. The third-order valence-electron chi connectivity index (χ3n) is 4.74. The molecule has 0 N–H and O–H groups in total. The van der Waals surface area contributed by atoms with Crippen molar-refractivity contribution >= 4 is 28.5 Å². The minimum atomic E-state index is -0.429. The van der Waals surface area contributed by atoms with E-state index in [2.05, 4.69) is 18.8 Å². The number of hydrogen-bond donors (Lipinski definition) is 0. The molecule has 0 amide bonds. The number of esters is 1. The van der Waals surface area contributed by atoms with Gasteiger partial charge < -0.3 is 9.30 Å². The van der Waals surface area contributed by atoms with Gasteiger partial charge in [-0.15, -0.1) is 11.3 Å². The van der Waals surface area contributed by atoms with Crippen LogP contribution in [0.3, 0.4) is 0 Å². The summed E-state index contributed by atoms with van der Waals surface area (Å²) in [5.41, 5.74) is 0.979. The molecule has 3 heterocycles. The monoisotopic (exact) mass is 404 g/mol. The molecule has 0 aliphatic heterocycles. The fraction of sp³-hybridized carbons (Fsp3) is 0.474. The number of rotatable bonds is 7. The molecule has 3 aromatic rings. The van der Waals surface area contributed by atoms with Crippen molar-refractivity contribution in [3.63, 3.8) is 0 Å². The molecule has 9 heteroatoms. The zero-order valence-electron chi connectivity index (χ0n) is 16.5. The molecule has 0 saturated carbocycles. The first-order valence-electron chi connectivity index (χ1n) is 9.28. The maximum Gasteiger partial charge on any atom is 0.348 e. The quantitative estimate of drug-likeness (QED) is 0.561. The SMILES string of the molecule is CCCc1sc(C(=O)OCCn2cnc3c2c(=O)n(C)c(=O)n3C)cc1CC. The zero-order chi connectivity index (χ0) is 20.4. The van der Waals surface area contributed by atoms with Crippen LogP contribution in [0.2, 0.25) is 0 Å². The first-order chi connectivity index (χ1) is 13.4. The van der Waals surface area contributed by atoms with Crippen molar-refractivity contribution in [2.24, 2.45) is 14.1 Å². The highest BCUT2D eigenvalue weighted by molar-refractivity contribution is 7.14. The standard InChI is InChI=1S/C19H24N4O4S/c1-5-7-13-12(6-2)10-14(28-13)18(25)27-9-8-23-11-20-16-15(23)17(24)22(4)19(26)21(16)3/h10-11H,5-9H2,1-4H3. The number of hydrogen-bond acceptors (Lipinski definition) is 6. The van der Waals surface area contributed by atoms with E-state index in [1.54, 1.807) is 11.6 Å². The molecule has 0 aliphatic rings. The summed E-state index contributed by atoms with van der Waals surface area (Å²) in [5.74, 6) is -0.355. The average molecular weight is 404 g/mol. The summed E-state index contributed by atoms with van der Waals surface area (Å²) in [4.78, 5) is 42.8.